The van der Waals surface area contributed by atoms with Crippen LogP contribution in [0.1, 0.15) is 45.4 Å². The lowest BCUT2D eigenvalue weighted by Crippen LogP contribution is -2.38. The van der Waals surface area contributed by atoms with Gasteiger partial charge in [0, 0.05) is 19.5 Å². The number of hydrogen-bond donors (Lipinski definition) is 1. The Hall–Kier alpha value is -1.50. The van der Waals surface area contributed by atoms with Gasteiger partial charge in [-0.05, 0) is 48.1 Å². The lowest BCUT2D eigenvalue weighted by Gasteiger charge is -2.35. The molecule has 1 fully saturated rings. The third kappa shape index (κ3) is 4.49. The smallest absolute Gasteiger partial charge is 0.303 e. The summed E-state index contributed by atoms with van der Waals surface area (Å²) in [4.78, 5) is 13.2. The lowest BCUT2D eigenvalue weighted by atomic mass is 9.84. The molecule has 1 aromatic heterocycles. The van der Waals surface area contributed by atoms with E-state index in [1.165, 1.54) is 0 Å². The minimum Gasteiger partial charge on any atom is -0.481 e. The van der Waals surface area contributed by atoms with E-state index < -0.39 is 5.97 Å². The maximum atomic E-state index is 10.9. The second-order valence-corrected chi connectivity index (χ2v) is 6.03. The van der Waals surface area contributed by atoms with Crippen LogP contribution in [-0.4, -0.2) is 49.3 Å². The van der Waals surface area contributed by atoms with Crippen molar-refractivity contribution >= 4 is 5.97 Å². The first kappa shape index (κ1) is 15.9. The van der Waals surface area contributed by atoms with Crippen molar-refractivity contribution in [1.29, 1.82) is 0 Å². The van der Waals surface area contributed by atoms with Gasteiger partial charge in [-0.25, -0.2) is 4.68 Å². The average molecular weight is 295 g/mol. The molecule has 0 aromatic carbocycles. The second kappa shape index (κ2) is 7.49. The Morgan fingerprint density at radius 3 is 3.05 bits per heavy atom. The van der Waals surface area contributed by atoms with Gasteiger partial charge in [-0.1, -0.05) is 13.8 Å². The SMILES string of the molecule is CCCn1nnnc1CN1CCCC(C(C)CC(=O)O)C1. The molecule has 1 saturated heterocycles. The van der Waals surface area contributed by atoms with Gasteiger partial charge < -0.3 is 5.11 Å². The normalized spacial score (nSPS) is 21.3. The summed E-state index contributed by atoms with van der Waals surface area (Å²) >= 11 is 0. The van der Waals surface area contributed by atoms with Gasteiger partial charge in [0.25, 0.3) is 0 Å². The molecule has 118 valence electrons. The van der Waals surface area contributed by atoms with Crippen LogP contribution in [0.3, 0.4) is 0 Å². The van der Waals surface area contributed by atoms with Crippen LogP contribution in [0.25, 0.3) is 0 Å². The summed E-state index contributed by atoms with van der Waals surface area (Å²) in [5.41, 5.74) is 0. The van der Waals surface area contributed by atoms with Crippen molar-refractivity contribution in [2.75, 3.05) is 13.1 Å². The lowest BCUT2D eigenvalue weighted by molar-refractivity contribution is -0.138. The Bertz CT molecular complexity index is 462. The predicted molar refractivity (Wildman–Crippen MR) is 77.5 cm³/mol. The summed E-state index contributed by atoms with van der Waals surface area (Å²) in [5, 5.41) is 20.8. The Kier molecular flexibility index (Phi) is 5.67. The number of aryl methyl sites for hydroxylation is 1. The van der Waals surface area contributed by atoms with Crippen LogP contribution in [0.4, 0.5) is 0 Å². The summed E-state index contributed by atoms with van der Waals surface area (Å²) in [5.74, 6) is 0.872. The fraction of sp³-hybridized carbons (Fsp3) is 0.857. The van der Waals surface area contributed by atoms with Gasteiger partial charge in [-0.15, -0.1) is 5.10 Å². The van der Waals surface area contributed by atoms with Gasteiger partial charge in [0.2, 0.25) is 0 Å². The van der Waals surface area contributed by atoms with Crippen molar-refractivity contribution in [3.05, 3.63) is 5.82 Å². The van der Waals surface area contributed by atoms with Crippen LogP contribution in [0.15, 0.2) is 0 Å². The van der Waals surface area contributed by atoms with Crippen molar-refractivity contribution in [3.8, 4) is 0 Å². The van der Waals surface area contributed by atoms with E-state index in [0.29, 0.717) is 5.92 Å². The van der Waals surface area contributed by atoms with E-state index in [1.807, 2.05) is 11.6 Å². The third-order valence-electron chi connectivity index (χ3n) is 4.25. The molecule has 0 saturated carbocycles. The zero-order valence-corrected chi connectivity index (χ0v) is 12.9. The summed E-state index contributed by atoms with van der Waals surface area (Å²) in [7, 11) is 0. The van der Waals surface area contributed by atoms with E-state index in [-0.39, 0.29) is 12.3 Å². The molecule has 7 heteroatoms. The number of likely N-dealkylation sites (tertiary alicyclic amines) is 1. The average Bonchev–Trinajstić information content (AvgIpc) is 2.86. The molecule has 1 N–H and O–H groups in total. The zero-order chi connectivity index (χ0) is 15.2. The maximum Gasteiger partial charge on any atom is 0.303 e. The summed E-state index contributed by atoms with van der Waals surface area (Å²) in [6, 6.07) is 0. The van der Waals surface area contributed by atoms with Gasteiger partial charge in [0.05, 0.1) is 6.54 Å². The summed E-state index contributed by atoms with van der Waals surface area (Å²) < 4.78 is 1.87. The Balaban J connectivity index is 1.91. The highest BCUT2D eigenvalue weighted by atomic mass is 16.4. The van der Waals surface area contributed by atoms with Gasteiger partial charge in [-0.2, -0.15) is 0 Å². The first-order chi connectivity index (χ1) is 10.1. The van der Waals surface area contributed by atoms with E-state index in [9.17, 15) is 4.79 Å². The van der Waals surface area contributed by atoms with Crippen LogP contribution >= 0.6 is 0 Å². The van der Waals surface area contributed by atoms with Crippen molar-refractivity contribution < 1.29 is 9.90 Å². The first-order valence-electron chi connectivity index (χ1n) is 7.79. The quantitative estimate of drug-likeness (QED) is 0.818. The number of carbonyl (C=O) groups is 1. The molecular weight excluding hydrogens is 270 g/mol. The molecule has 0 amide bonds. The molecule has 2 unspecified atom stereocenters. The monoisotopic (exact) mass is 295 g/mol. The Morgan fingerprint density at radius 2 is 2.33 bits per heavy atom. The molecule has 2 atom stereocenters. The van der Waals surface area contributed by atoms with Crippen LogP contribution in [-0.2, 0) is 17.9 Å². The predicted octanol–water partition coefficient (Wildman–Crippen LogP) is 1.41. The number of carboxylic acid groups (broad SMARTS) is 1. The minimum atomic E-state index is -0.702. The van der Waals surface area contributed by atoms with E-state index >= 15 is 0 Å². The number of nitrogens with zero attached hydrogens (tertiary/aromatic N) is 5. The largest absolute Gasteiger partial charge is 0.481 e. The standard InChI is InChI=1S/C14H25N5O2/c1-3-6-19-13(15-16-17-19)10-18-7-4-5-12(9-18)11(2)8-14(20)21/h11-12H,3-10H2,1-2H3,(H,20,21). The van der Waals surface area contributed by atoms with Crippen LogP contribution in [0.5, 0.6) is 0 Å². The fourth-order valence-corrected chi connectivity index (χ4v) is 3.06. The number of tetrazole rings is 1. The van der Waals surface area contributed by atoms with Crippen LogP contribution in [0, 0.1) is 11.8 Å². The highest BCUT2D eigenvalue weighted by Gasteiger charge is 2.26. The molecular formula is C14H25N5O2. The molecule has 1 aliphatic rings. The molecule has 21 heavy (non-hydrogen) atoms. The van der Waals surface area contributed by atoms with E-state index in [2.05, 4.69) is 27.3 Å². The summed E-state index contributed by atoms with van der Waals surface area (Å²) in [6.07, 6.45) is 3.50. The van der Waals surface area contributed by atoms with Crippen molar-refractivity contribution in [3.63, 3.8) is 0 Å². The molecule has 7 nitrogen and oxygen atoms in total. The van der Waals surface area contributed by atoms with Crippen LogP contribution < -0.4 is 0 Å². The van der Waals surface area contributed by atoms with E-state index in [1.54, 1.807) is 0 Å². The van der Waals surface area contributed by atoms with Gasteiger partial charge in [-0.3, -0.25) is 9.69 Å². The number of rotatable bonds is 7. The van der Waals surface area contributed by atoms with Gasteiger partial charge in [0.15, 0.2) is 5.82 Å². The molecule has 1 aliphatic heterocycles. The Morgan fingerprint density at radius 1 is 1.52 bits per heavy atom. The minimum absolute atomic E-state index is 0.219. The zero-order valence-electron chi connectivity index (χ0n) is 12.9. The molecule has 0 spiro atoms. The number of aliphatic carboxylic acids is 1. The number of hydrogen-bond acceptors (Lipinski definition) is 5. The maximum absolute atomic E-state index is 10.9. The Labute approximate surface area is 125 Å². The number of carboxylic acids is 1. The van der Waals surface area contributed by atoms with E-state index in [0.717, 1.165) is 51.3 Å². The molecule has 2 heterocycles. The molecule has 0 bridgehead atoms. The van der Waals surface area contributed by atoms with Crippen LogP contribution in [0.2, 0.25) is 0 Å². The second-order valence-electron chi connectivity index (χ2n) is 6.03. The molecule has 0 radical (unpaired) electrons. The topological polar surface area (TPSA) is 84.1 Å². The van der Waals surface area contributed by atoms with Crippen molar-refractivity contribution in [2.24, 2.45) is 11.8 Å². The van der Waals surface area contributed by atoms with Gasteiger partial charge >= 0.3 is 5.97 Å². The number of aromatic nitrogens is 4. The van der Waals surface area contributed by atoms with E-state index in [4.69, 9.17) is 5.11 Å². The summed E-state index contributed by atoms with van der Waals surface area (Å²) in [6.45, 7) is 7.72. The third-order valence-corrected chi connectivity index (χ3v) is 4.25. The number of piperidine rings is 1. The van der Waals surface area contributed by atoms with Gasteiger partial charge in [0.1, 0.15) is 0 Å². The fourth-order valence-electron chi connectivity index (χ4n) is 3.06. The van der Waals surface area contributed by atoms with Crippen molar-refractivity contribution in [2.45, 2.75) is 52.6 Å². The van der Waals surface area contributed by atoms with Crippen molar-refractivity contribution in [1.82, 2.24) is 25.1 Å². The first-order valence-corrected chi connectivity index (χ1v) is 7.79. The molecule has 2 rings (SSSR count). The highest BCUT2D eigenvalue weighted by Crippen LogP contribution is 2.26. The molecule has 0 aliphatic carbocycles. The highest BCUT2D eigenvalue weighted by molar-refractivity contribution is 5.67. The molecule has 1 aromatic rings.